The third kappa shape index (κ3) is 2.65. The van der Waals surface area contributed by atoms with Crippen molar-refractivity contribution >= 4 is 5.69 Å². The maximum atomic E-state index is 14.0. The van der Waals surface area contributed by atoms with Crippen LogP contribution in [0.2, 0.25) is 0 Å². The van der Waals surface area contributed by atoms with E-state index in [1.807, 2.05) is 4.90 Å². The molecule has 2 rings (SSSR count). The molecular formula is C14H20FNO2. The average Bonchev–Trinajstić information content (AvgIpc) is 2.38. The Morgan fingerprint density at radius 3 is 2.61 bits per heavy atom. The Balaban J connectivity index is 2.23. The normalized spacial score (nSPS) is 19.0. The van der Waals surface area contributed by atoms with Crippen molar-refractivity contribution in [2.24, 2.45) is 0 Å². The maximum Gasteiger partial charge on any atom is 0.146 e. The summed E-state index contributed by atoms with van der Waals surface area (Å²) in [6, 6.07) is 4.87. The van der Waals surface area contributed by atoms with Crippen LogP contribution in [0.1, 0.15) is 31.4 Å². The van der Waals surface area contributed by atoms with E-state index in [0.29, 0.717) is 11.3 Å². The number of benzene rings is 1. The van der Waals surface area contributed by atoms with E-state index in [1.54, 1.807) is 26.2 Å². The number of para-hydroxylation sites is 1. The van der Waals surface area contributed by atoms with Gasteiger partial charge in [-0.15, -0.1) is 0 Å². The van der Waals surface area contributed by atoms with E-state index in [0.717, 1.165) is 25.9 Å². The van der Waals surface area contributed by atoms with Gasteiger partial charge in [0.15, 0.2) is 0 Å². The van der Waals surface area contributed by atoms with Gasteiger partial charge >= 0.3 is 0 Å². The summed E-state index contributed by atoms with van der Waals surface area (Å²) in [6.07, 6.45) is 1.40. The van der Waals surface area contributed by atoms with E-state index in [4.69, 9.17) is 4.74 Å². The largest absolute Gasteiger partial charge is 0.389 e. The molecule has 0 bridgehead atoms. The molecule has 1 atom stereocenters. The fourth-order valence-corrected chi connectivity index (χ4v) is 2.52. The Bertz CT molecular complexity index is 401. The molecule has 18 heavy (non-hydrogen) atoms. The first-order chi connectivity index (χ1) is 8.63. The minimum atomic E-state index is -0.657. The van der Waals surface area contributed by atoms with Crippen molar-refractivity contribution in [1.29, 1.82) is 0 Å². The number of nitrogens with zero attached hydrogens (tertiary/aromatic N) is 1. The SMILES string of the molecule is COC1CCN(c2c(F)cccc2C(C)O)CC1. The Hall–Kier alpha value is -1.13. The van der Waals surface area contributed by atoms with Crippen molar-refractivity contribution < 1.29 is 14.2 Å². The summed E-state index contributed by atoms with van der Waals surface area (Å²) in [4.78, 5) is 2.01. The summed E-state index contributed by atoms with van der Waals surface area (Å²) in [5.41, 5.74) is 1.20. The summed E-state index contributed by atoms with van der Waals surface area (Å²) in [5, 5.41) is 9.74. The summed E-state index contributed by atoms with van der Waals surface area (Å²) in [5.74, 6) is -0.260. The first-order valence-corrected chi connectivity index (χ1v) is 6.37. The highest BCUT2D eigenvalue weighted by Crippen LogP contribution is 2.31. The lowest BCUT2D eigenvalue weighted by atomic mass is 10.0. The van der Waals surface area contributed by atoms with E-state index in [2.05, 4.69) is 0 Å². The molecule has 0 spiro atoms. The first kappa shape index (κ1) is 13.3. The zero-order valence-electron chi connectivity index (χ0n) is 10.9. The second-order valence-corrected chi connectivity index (χ2v) is 4.78. The number of rotatable bonds is 3. The molecule has 1 heterocycles. The quantitative estimate of drug-likeness (QED) is 0.898. The first-order valence-electron chi connectivity index (χ1n) is 6.37. The van der Waals surface area contributed by atoms with Crippen LogP contribution in [0, 0.1) is 5.82 Å². The van der Waals surface area contributed by atoms with Gasteiger partial charge in [-0.05, 0) is 25.8 Å². The van der Waals surface area contributed by atoms with Gasteiger partial charge in [0.1, 0.15) is 5.82 Å². The summed E-state index contributed by atoms with van der Waals surface area (Å²) in [6.45, 7) is 3.19. The fraction of sp³-hybridized carbons (Fsp3) is 0.571. The molecule has 0 aromatic heterocycles. The molecule has 1 unspecified atom stereocenters. The molecule has 1 aromatic carbocycles. The molecule has 1 fully saturated rings. The van der Waals surface area contributed by atoms with Crippen LogP contribution in [-0.4, -0.2) is 31.4 Å². The molecule has 0 aliphatic carbocycles. The van der Waals surface area contributed by atoms with Crippen molar-refractivity contribution in [2.45, 2.75) is 32.0 Å². The van der Waals surface area contributed by atoms with Gasteiger partial charge in [0.25, 0.3) is 0 Å². The number of halogens is 1. The van der Waals surface area contributed by atoms with Crippen molar-refractivity contribution in [2.75, 3.05) is 25.1 Å². The average molecular weight is 253 g/mol. The highest BCUT2D eigenvalue weighted by atomic mass is 19.1. The van der Waals surface area contributed by atoms with Crippen LogP contribution in [0.3, 0.4) is 0 Å². The van der Waals surface area contributed by atoms with Crippen LogP contribution in [-0.2, 0) is 4.74 Å². The topological polar surface area (TPSA) is 32.7 Å². The van der Waals surface area contributed by atoms with E-state index < -0.39 is 6.10 Å². The molecule has 0 saturated carbocycles. The van der Waals surface area contributed by atoms with Crippen LogP contribution in [0.4, 0.5) is 10.1 Å². The Morgan fingerprint density at radius 1 is 1.39 bits per heavy atom. The number of piperidine rings is 1. The smallest absolute Gasteiger partial charge is 0.146 e. The number of methoxy groups -OCH3 is 1. The monoisotopic (exact) mass is 253 g/mol. The lowest BCUT2D eigenvalue weighted by Gasteiger charge is -2.34. The Labute approximate surface area is 107 Å². The van der Waals surface area contributed by atoms with Crippen LogP contribution in [0.25, 0.3) is 0 Å². The fourth-order valence-electron chi connectivity index (χ4n) is 2.52. The molecule has 1 aliphatic rings. The second kappa shape index (κ2) is 5.67. The van der Waals surface area contributed by atoms with Crippen molar-refractivity contribution in [3.05, 3.63) is 29.6 Å². The van der Waals surface area contributed by atoms with Crippen molar-refractivity contribution in [3.8, 4) is 0 Å². The lowest BCUT2D eigenvalue weighted by Crippen LogP contribution is -2.37. The number of hydrogen-bond acceptors (Lipinski definition) is 3. The number of anilines is 1. The van der Waals surface area contributed by atoms with Crippen LogP contribution in [0.15, 0.2) is 18.2 Å². The number of ether oxygens (including phenoxy) is 1. The predicted octanol–water partition coefficient (Wildman–Crippen LogP) is 2.49. The van der Waals surface area contributed by atoms with Gasteiger partial charge in [-0.1, -0.05) is 12.1 Å². The van der Waals surface area contributed by atoms with E-state index in [1.165, 1.54) is 6.07 Å². The highest BCUT2D eigenvalue weighted by Gasteiger charge is 2.24. The Kier molecular flexibility index (Phi) is 4.19. The molecule has 1 aromatic rings. The zero-order chi connectivity index (χ0) is 13.1. The molecule has 100 valence electrons. The molecule has 0 radical (unpaired) electrons. The summed E-state index contributed by atoms with van der Waals surface area (Å²) in [7, 11) is 1.71. The number of hydrogen-bond donors (Lipinski definition) is 1. The van der Waals surface area contributed by atoms with Crippen LogP contribution < -0.4 is 4.90 Å². The standard InChI is InChI=1S/C14H20FNO2/c1-10(17)12-4-3-5-13(15)14(12)16-8-6-11(18-2)7-9-16/h3-5,10-11,17H,6-9H2,1-2H3. The van der Waals surface area contributed by atoms with Crippen LogP contribution in [0.5, 0.6) is 0 Å². The van der Waals surface area contributed by atoms with Gasteiger partial charge in [0.2, 0.25) is 0 Å². The van der Waals surface area contributed by atoms with E-state index in [-0.39, 0.29) is 11.9 Å². The van der Waals surface area contributed by atoms with Gasteiger partial charge < -0.3 is 14.7 Å². The van der Waals surface area contributed by atoms with E-state index in [9.17, 15) is 9.50 Å². The molecule has 4 heteroatoms. The molecule has 1 aliphatic heterocycles. The van der Waals surface area contributed by atoms with Crippen molar-refractivity contribution in [3.63, 3.8) is 0 Å². The van der Waals surface area contributed by atoms with Gasteiger partial charge in [-0.3, -0.25) is 0 Å². The lowest BCUT2D eigenvalue weighted by molar-refractivity contribution is 0.0816. The number of aliphatic hydroxyl groups excluding tert-OH is 1. The van der Waals surface area contributed by atoms with Gasteiger partial charge in [-0.2, -0.15) is 0 Å². The third-order valence-electron chi connectivity index (χ3n) is 3.56. The van der Waals surface area contributed by atoms with E-state index >= 15 is 0 Å². The second-order valence-electron chi connectivity index (χ2n) is 4.78. The molecule has 1 saturated heterocycles. The minimum absolute atomic E-state index is 0.260. The molecule has 3 nitrogen and oxygen atoms in total. The molecule has 0 amide bonds. The van der Waals surface area contributed by atoms with Crippen molar-refractivity contribution in [1.82, 2.24) is 0 Å². The highest BCUT2D eigenvalue weighted by molar-refractivity contribution is 5.56. The third-order valence-corrected chi connectivity index (χ3v) is 3.56. The molecule has 1 N–H and O–H groups in total. The van der Waals surface area contributed by atoms with Gasteiger partial charge in [-0.25, -0.2) is 4.39 Å². The summed E-state index contributed by atoms with van der Waals surface area (Å²) < 4.78 is 19.3. The molecular weight excluding hydrogens is 233 g/mol. The van der Waals surface area contributed by atoms with Gasteiger partial charge in [0.05, 0.1) is 17.9 Å². The van der Waals surface area contributed by atoms with Crippen LogP contribution >= 0.6 is 0 Å². The maximum absolute atomic E-state index is 14.0. The predicted molar refractivity (Wildman–Crippen MR) is 69.3 cm³/mol. The Morgan fingerprint density at radius 2 is 2.06 bits per heavy atom. The zero-order valence-corrected chi connectivity index (χ0v) is 10.9. The summed E-state index contributed by atoms with van der Waals surface area (Å²) >= 11 is 0. The number of aliphatic hydroxyl groups is 1. The van der Waals surface area contributed by atoms with Gasteiger partial charge in [0, 0.05) is 25.8 Å². The minimum Gasteiger partial charge on any atom is -0.389 e.